The van der Waals surface area contributed by atoms with Crippen LogP contribution in [0.3, 0.4) is 0 Å². The fourth-order valence-corrected chi connectivity index (χ4v) is 10.1. The quantitative estimate of drug-likeness (QED) is 0.162. The number of rotatable bonds is 3. The number of benzene rings is 10. The molecule has 0 radical (unpaired) electrons. The summed E-state index contributed by atoms with van der Waals surface area (Å²) in [5.41, 5.74) is 17.6. The largest absolute Gasteiger partial charge is 0.0725 e. The van der Waals surface area contributed by atoms with Gasteiger partial charge in [0.1, 0.15) is 0 Å². The average molecular weight is 695 g/mol. The van der Waals surface area contributed by atoms with Gasteiger partial charge in [-0.1, -0.05) is 170 Å². The summed E-state index contributed by atoms with van der Waals surface area (Å²) < 4.78 is 0. The second kappa shape index (κ2) is 11.5. The minimum atomic E-state index is -0.432. The second-order valence-electron chi connectivity index (χ2n) is 15.2. The van der Waals surface area contributed by atoms with Crippen LogP contribution in [0, 0.1) is 0 Å². The Morgan fingerprint density at radius 2 is 0.600 bits per heavy atom. The zero-order valence-corrected chi connectivity index (χ0v) is 30.1. The third-order valence-electron chi connectivity index (χ3n) is 12.4. The van der Waals surface area contributed by atoms with Gasteiger partial charge in [0, 0.05) is 0 Å². The lowest BCUT2D eigenvalue weighted by molar-refractivity contribution is 0.795. The van der Waals surface area contributed by atoms with Crippen LogP contribution in [0.2, 0.25) is 0 Å². The molecule has 0 atom stereocenters. The van der Waals surface area contributed by atoms with Crippen molar-refractivity contribution in [3.8, 4) is 55.6 Å². The molecule has 0 saturated carbocycles. The zero-order chi connectivity index (χ0) is 36.1. The monoisotopic (exact) mass is 694 g/mol. The Kier molecular flexibility index (Phi) is 6.36. The van der Waals surface area contributed by atoms with Crippen molar-refractivity contribution < 1.29 is 0 Å². The lowest BCUT2D eigenvalue weighted by atomic mass is 9.70. The molecule has 0 fully saturated rings. The second-order valence-corrected chi connectivity index (χ2v) is 15.2. The molecule has 10 aromatic rings. The van der Waals surface area contributed by atoms with Gasteiger partial charge < -0.3 is 0 Å². The highest BCUT2D eigenvalue weighted by atomic mass is 14.5. The maximum absolute atomic E-state index is 2.56. The van der Waals surface area contributed by atoms with Crippen LogP contribution in [0.25, 0.3) is 88.0 Å². The van der Waals surface area contributed by atoms with Gasteiger partial charge in [-0.25, -0.2) is 0 Å². The molecule has 0 N–H and O–H groups in total. The topological polar surface area (TPSA) is 0 Å². The van der Waals surface area contributed by atoms with Crippen molar-refractivity contribution in [2.24, 2.45) is 0 Å². The molecule has 0 aliphatic heterocycles. The first-order chi connectivity index (χ1) is 27.3. The smallest absolute Gasteiger partial charge is 0.0622 e. The molecule has 0 aromatic heterocycles. The summed E-state index contributed by atoms with van der Waals surface area (Å²) in [5, 5.41) is 7.82. The van der Waals surface area contributed by atoms with E-state index in [2.05, 4.69) is 206 Å². The third kappa shape index (κ3) is 4.23. The van der Waals surface area contributed by atoms with Gasteiger partial charge in [-0.05, 0) is 147 Å². The molecular formula is C55H34. The van der Waals surface area contributed by atoms with E-state index in [-0.39, 0.29) is 0 Å². The van der Waals surface area contributed by atoms with E-state index in [4.69, 9.17) is 0 Å². The summed E-state index contributed by atoms with van der Waals surface area (Å²) >= 11 is 0. The molecule has 10 aromatic carbocycles. The van der Waals surface area contributed by atoms with Crippen molar-refractivity contribution >= 4 is 32.3 Å². The fourth-order valence-electron chi connectivity index (χ4n) is 10.1. The molecule has 2 aliphatic rings. The first-order valence-electron chi connectivity index (χ1n) is 19.3. The van der Waals surface area contributed by atoms with Crippen LogP contribution < -0.4 is 0 Å². The predicted octanol–water partition coefficient (Wildman–Crippen LogP) is 14.5. The van der Waals surface area contributed by atoms with Gasteiger partial charge >= 0.3 is 0 Å². The van der Waals surface area contributed by atoms with E-state index in [1.165, 1.54) is 110 Å². The molecule has 0 saturated heterocycles. The van der Waals surface area contributed by atoms with E-state index in [0.29, 0.717) is 0 Å². The molecule has 0 unspecified atom stereocenters. The van der Waals surface area contributed by atoms with Gasteiger partial charge in [-0.15, -0.1) is 0 Å². The number of hydrogen-bond acceptors (Lipinski definition) is 0. The Balaban J connectivity index is 1.19. The van der Waals surface area contributed by atoms with Gasteiger partial charge in [0.15, 0.2) is 0 Å². The predicted molar refractivity (Wildman–Crippen MR) is 232 cm³/mol. The number of hydrogen-bond donors (Lipinski definition) is 0. The van der Waals surface area contributed by atoms with Gasteiger partial charge in [-0.3, -0.25) is 0 Å². The molecule has 0 amide bonds. The Morgan fingerprint density at radius 3 is 1.15 bits per heavy atom. The van der Waals surface area contributed by atoms with Crippen molar-refractivity contribution in [1.29, 1.82) is 0 Å². The van der Waals surface area contributed by atoms with Crippen LogP contribution in [-0.4, -0.2) is 0 Å². The Labute approximate surface area is 320 Å². The summed E-state index contributed by atoms with van der Waals surface area (Å²) in [6.45, 7) is 0. The molecule has 2 aliphatic carbocycles. The molecule has 0 bridgehead atoms. The maximum atomic E-state index is 2.56. The van der Waals surface area contributed by atoms with Gasteiger partial charge in [0.05, 0.1) is 5.41 Å². The van der Waals surface area contributed by atoms with Gasteiger partial charge in [-0.2, -0.15) is 0 Å². The van der Waals surface area contributed by atoms with E-state index in [9.17, 15) is 0 Å². The minimum Gasteiger partial charge on any atom is -0.0622 e. The zero-order valence-electron chi connectivity index (χ0n) is 30.1. The molecular weight excluding hydrogens is 661 g/mol. The van der Waals surface area contributed by atoms with Crippen molar-refractivity contribution in [2.75, 3.05) is 0 Å². The molecule has 0 heterocycles. The first kappa shape index (κ1) is 30.4. The molecule has 0 nitrogen and oxygen atoms in total. The van der Waals surface area contributed by atoms with Crippen LogP contribution >= 0.6 is 0 Å². The van der Waals surface area contributed by atoms with E-state index in [1.807, 2.05) is 0 Å². The Hall–Kier alpha value is -7.02. The summed E-state index contributed by atoms with van der Waals surface area (Å²) in [4.78, 5) is 0. The van der Waals surface area contributed by atoms with Crippen LogP contribution in [-0.2, 0) is 5.41 Å². The lowest BCUT2D eigenvalue weighted by Gasteiger charge is -2.31. The van der Waals surface area contributed by atoms with Crippen molar-refractivity contribution in [3.63, 3.8) is 0 Å². The van der Waals surface area contributed by atoms with Crippen molar-refractivity contribution in [3.05, 3.63) is 229 Å². The van der Waals surface area contributed by atoms with E-state index in [1.54, 1.807) is 0 Å². The van der Waals surface area contributed by atoms with Crippen LogP contribution in [0.5, 0.6) is 0 Å². The van der Waals surface area contributed by atoms with E-state index >= 15 is 0 Å². The molecule has 12 rings (SSSR count). The Bertz CT molecular complexity index is 3080. The van der Waals surface area contributed by atoms with Gasteiger partial charge in [0.2, 0.25) is 0 Å². The summed E-state index contributed by atoms with van der Waals surface area (Å²) in [6, 6.07) is 77.1. The first-order valence-corrected chi connectivity index (χ1v) is 19.3. The van der Waals surface area contributed by atoms with Crippen LogP contribution in [0.4, 0.5) is 0 Å². The van der Waals surface area contributed by atoms with Crippen LogP contribution in [0.1, 0.15) is 22.3 Å². The highest BCUT2D eigenvalue weighted by molar-refractivity contribution is 6.26. The summed E-state index contributed by atoms with van der Waals surface area (Å²) in [5.74, 6) is 0. The lowest BCUT2D eigenvalue weighted by Crippen LogP contribution is -2.25. The van der Waals surface area contributed by atoms with E-state index in [0.717, 1.165) is 0 Å². The summed E-state index contributed by atoms with van der Waals surface area (Å²) in [6.07, 6.45) is 0. The molecule has 0 heteroatoms. The maximum Gasteiger partial charge on any atom is 0.0725 e. The minimum absolute atomic E-state index is 0.432. The normalized spacial score (nSPS) is 13.2. The molecule has 55 heavy (non-hydrogen) atoms. The van der Waals surface area contributed by atoms with E-state index < -0.39 is 5.41 Å². The van der Waals surface area contributed by atoms with Crippen molar-refractivity contribution in [2.45, 2.75) is 5.41 Å². The molecule has 1 spiro atoms. The fraction of sp³-hybridized carbons (Fsp3) is 0.0182. The van der Waals surface area contributed by atoms with Crippen LogP contribution in [0.15, 0.2) is 206 Å². The average Bonchev–Trinajstić information content (AvgIpc) is 3.73. The third-order valence-corrected chi connectivity index (χ3v) is 12.4. The summed E-state index contributed by atoms with van der Waals surface area (Å²) in [7, 11) is 0. The standard InChI is InChI=1S/C55H34/c1-3-15-35(16-4-1)38-29-39(36-17-5-2-6-18-36)31-40(30-38)37-27-28-53-49(32-37)50-33-47-43-21-9-7-19-41(43)42-20-8-10-22-44(42)48(47)34-54(50)55(53)51-25-13-11-23-45(51)46-24-12-14-26-52(46)55/h1-34H. The Morgan fingerprint density at radius 1 is 0.200 bits per heavy atom. The van der Waals surface area contributed by atoms with Gasteiger partial charge in [0.25, 0.3) is 0 Å². The highest BCUT2D eigenvalue weighted by Gasteiger charge is 2.51. The SMILES string of the molecule is c1ccc(-c2cc(-c3ccccc3)cc(-c3ccc4c(c3)-c3cc5c6ccccc6c6ccccc6c5cc3C43c4ccccc4-c4ccccc43)c2)cc1. The highest BCUT2D eigenvalue weighted by Crippen LogP contribution is 2.64. The van der Waals surface area contributed by atoms with Crippen molar-refractivity contribution in [1.82, 2.24) is 0 Å². The number of fused-ring (bicyclic) bond motifs is 16. The molecule has 254 valence electrons.